The molecule has 3 aromatic carbocycles. The lowest BCUT2D eigenvalue weighted by Gasteiger charge is -2.09. The molecule has 2 heterocycles. The van der Waals surface area contributed by atoms with E-state index in [1.54, 1.807) is 19.1 Å². The molecule has 0 aliphatic rings. The molecule has 5 aromatic rings. The van der Waals surface area contributed by atoms with Crippen molar-refractivity contribution >= 4 is 17.1 Å². The first kappa shape index (κ1) is 22.1. The van der Waals surface area contributed by atoms with E-state index in [1.165, 1.54) is 15.2 Å². The Bertz CT molecular complexity index is 1650. The Hall–Kier alpha value is -4.72. The molecule has 8 nitrogen and oxygen atoms in total. The van der Waals surface area contributed by atoms with Gasteiger partial charge < -0.3 is 10.8 Å². The van der Waals surface area contributed by atoms with Crippen molar-refractivity contribution in [1.29, 1.82) is 0 Å². The smallest absolute Gasteiger partial charge is 0.335 e. The number of amides is 1. The fourth-order valence-corrected chi connectivity index (χ4v) is 4.15. The molecule has 35 heavy (non-hydrogen) atoms. The second-order valence-electron chi connectivity index (χ2n) is 8.41. The van der Waals surface area contributed by atoms with Gasteiger partial charge in [0.05, 0.1) is 12.2 Å². The zero-order chi connectivity index (χ0) is 24.7. The first-order valence-corrected chi connectivity index (χ1v) is 11.1. The third kappa shape index (κ3) is 3.85. The second kappa shape index (κ2) is 8.57. The van der Waals surface area contributed by atoms with Gasteiger partial charge in [-0.1, -0.05) is 60.7 Å². The molecule has 0 radical (unpaired) electrons. The Balaban J connectivity index is 1.88. The Morgan fingerprint density at radius 3 is 2.34 bits per heavy atom. The number of hydrogen-bond donors (Lipinski definition) is 2. The molecule has 174 valence electrons. The highest BCUT2D eigenvalue weighted by Crippen LogP contribution is 2.28. The second-order valence-corrected chi connectivity index (χ2v) is 8.41. The number of benzene rings is 3. The normalized spacial score (nSPS) is 11.1. The summed E-state index contributed by atoms with van der Waals surface area (Å²) in [6, 6.07) is 21.9. The van der Waals surface area contributed by atoms with Gasteiger partial charge in [0.1, 0.15) is 11.3 Å². The summed E-state index contributed by atoms with van der Waals surface area (Å²) in [7, 11) is 0. The third-order valence-corrected chi connectivity index (χ3v) is 6.01. The Kier molecular flexibility index (Phi) is 5.41. The molecule has 2 aromatic heterocycles. The van der Waals surface area contributed by atoms with Crippen LogP contribution in [0.15, 0.2) is 77.6 Å². The van der Waals surface area contributed by atoms with E-state index in [4.69, 9.17) is 10.7 Å². The third-order valence-electron chi connectivity index (χ3n) is 6.01. The molecule has 0 saturated carbocycles. The average Bonchev–Trinajstić information content (AvgIpc) is 3.12. The number of aromatic nitrogens is 4. The van der Waals surface area contributed by atoms with Crippen LogP contribution in [0.4, 0.5) is 0 Å². The summed E-state index contributed by atoms with van der Waals surface area (Å²) in [6.07, 6.45) is 0. The molecule has 0 atom stereocenters. The van der Waals surface area contributed by atoms with E-state index in [-0.39, 0.29) is 40.7 Å². The van der Waals surface area contributed by atoms with Crippen molar-refractivity contribution in [2.45, 2.75) is 20.4 Å². The van der Waals surface area contributed by atoms with Crippen molar-refractivity contribution in [2.24, 2.45) is 5.73 Å². The number of rotatable bonds is 5. The number of hydrogen-bond acceptors (Lipinski definition) is 5. The number of fused-ring (bicyclic) bond motifs is 1. The summed E-state index contributed by atoms with van der Waals surface area (Å²) in [6.45, 7) is 3.89. The van der Waals surface area contributed by atoms with Gasteiger partial charge in [-0.15, -0.1) is 0 Å². The molecule has 0 bridgehead atoms. The minimum atomic E-state index is -0.779. The number of imidazole rings is 1. The number of carbonyl (C=O) groups excluding carboxylic acids is 1. The predicted molar refractivity (Wildman–Crippen MR) is 134 cm³/mol. The molecule has 0 aliphatic heterocycles. The Labute approximate surface area is 200 Å². The van der Waals surface area contributed by atoms with Crippen LogP contribution in [0.25, 0.3) is 28.2 Å². The van der Waals surface area contributed by atoms with Crippen LogP contribution in [0.2, 0.25) is 0 Å². The maximum absolute atomic E-state index is 13.8. The zero-order valence-corrected chi connectivity index (χ0v) is 19.3. The van der Waals surface area contributed by atoms with E-state index in [9.17, 15) is 14.7 Å². The van der Waals surface area contributed by atoms with E-state index in [2.05, 4.69) is 4.98 Å². The maximum Gasteiger partial charge on any atom is 0.335 e. The largest absolute Gasteiger partial charge is 0.508 e. The van der Waals surface area contributed by atoms with E-state index < -0.39 is 5.91 Å². The van der Waals surface area contributed by atoms with Gasteiger partial charge in [0, 0.05) is 5.56 Å². The van der Waals surface area contributed by atoms with Gasteiger partial charge in [-0.05, 0) is 42.7 Å². The average molecular weight is 466 g/mol. The molecule has 0 aliphatic carbocycles. The molecule has 5 rings (SSSR count). The first-order valence-electron chi connectivity index (χ1n) is 11.1. The van der Waals surface area contributed by atoms with Crippen molar-refractivity contribution in [3.8, 4) is 22.8 Å². The number of phenols is 1. The molecule has 0 unspecified atom stereocenters. The standard InChI is InChI=1S/C27H23N5O3/c1-16-8-6-7-11-20(16)32-26-23(31(27(32)35)15-18-9-4-3-5-10-18)22(24(28)34)29-25(30-26)19-13-12-17(2)21(33)14-19/h3-14,33H,15H2,1-2H3,(H2,28,34). The Morgan fingerprint density at radius 2 is 1.66 bits per heavy atom. The summed E-state index contributed by atoms with van der Waals surface area (Å²) in [5.41, 5.74) is 9.43. The van der Waals surface area contributed by atoms with Crippen LogP contribution in [0.1, 0.15) is 27.2 Å². The van der Waals surface area contributed by atoms with Crippen molar-refractivity contribution in [3.05, 3.63) is 106 Å². The van der Waals surface area contributed by atoms with Crippen LogP contribution in [-0.4, -0.2) is 30.1 Å². The fourth-order valence-electron chi connectivity index (χ4n) is 4.15. The number of phenolic OH excluding ortho intramolecular Hbond substituents is 1. The molecular formula is C27H23N5O3. The lowest BCUT2D eigenvalue weighted by molar-refractivity contribution is 0.0997. The minimum Gasteiger partial charge on any atom is -0.508 e. The van der Waals surface area contributed by atoms with E-state index >= 15 is 0 Å². The topological polar surface area (TPSA) is 116 Å². The number of aromatic hydroxyl groups is 1. The van der Waals surface area contributed by atoms with Gasteiger partial charge in [-0.25, -0.2) is 19.3 Å². The number of nitrogens with zero attached hydrogens (tertiary/aromatic N) is 4. The van der Waals surface area contributed by atoms with Gasteiger partial charge in [0.15, 0.2) is 17.2 Å². The predicted octanol–water partition coefficient (Wildman–Crippen LogP) is 3.72. The Morgan fingerprint density at radius 1 is 0.943 bits per heavy atom. The highest BCUT2D eigenvalue weighted by molar-refractivity contribution is 6.02. The molecule has 3 N–H and O–H groups in total. The number of carbonyl (C=O) groups is 1. The molecule has 1 amide bonds. The van der Waals surface area contributed by atoms with Crippen LogP contribution < -0.4 is 11.4 Å². The van der Waals surface area contributed by atoms with Crippen molar-refractivity contribution in [3.63, 3.8) is 0 Å². The van der Waals surface area contributed by atoms with E-state index in [1.807, 2.05) is 61.5 Å². The highest BCUT2D eigenvalue weighted by Gasteiger charge is 2.25. The van der Waals surface area contributed by atoms with E-state index in [0.717, 1.165) is 11.1 Å². The highest BCUT2D eigenvalue weighted by atomic mass is 16.3. The molecule has 0 fully saturated rings. The van der Waals surface area contributed by atoms with Gasteiger partial charge in [0.25, 0.3) is 5.91 Å². The van der Waals surface area contributed by atoms with Crippen molar-refractivity contribution in [1.82, 2.24) is 19.1 Å². The summed E-state index contributed by atoms with van der Waals surface area (Å²) in [5.74, 6) is -0.524. The monoisotopic (exact) mass is 465 g/mol. The number of aryl methyl sites for hydroxylation is 2. The van der Waals surface area contributed by atoms with Gasteiger partial charge in [-0.2, -0.15) is 0 Å². The summed E-state index contributed by atoms with van der Waals surface area (Å²) < 4.78 is 2.97. The number of nitrogens with two attached hydrogens (primary N) is 1. The van der Waals surface area contributed by atoms with Crippen molar-refractivity contribution in [2.75, 3.05) is 0 Å². The summed E-state index contributed by atoms with van der Waals surface area (Å²) in [5, 5.41) is 10.2. The van der Waals surface area contributed by atoms with Gasteiger partial charge in [0.2, 0.25) is 0 Å². The summed E-state index contributed by atoms with van der Waals surface area (Å²) >= 11 is 0. The molecule has 0 saturated heterocycles. The summed E-state index contributed by atoms with van der Waals surface area (Å²) in [4.78, 5) is 35.6. The van der Waals surface area contributed by atoms with E-state index in [0.29, 0.717) is 16.8 Å². The van der Waals surface area contributed by atoms with Crippen LogP contribution in [0.3, 0.4) is 0 Å². The zero-order valence-electron chi connectivity index (χ0n) is 19.3. The van der Waals surface area contributed by atoms with Crippen molar-refractivity contribution < 1.29 is 9.90 Å². The minimum absolute atomic E-state index is 0.0644. The van der Waals surface area contributed by atoms with Crippen LogP contribution >= 0.6 is 0 Å². The maximum atomic E-state index is 13.8. The first-order chi connectivity index (χ1) is 16.8. The van der Waals surface area contributed by atoms with Gasteiger partial charge in [-0.3, -0.25) is 9.36 Å². The lowest BCUT2D eigenvalue weighted by Crippen LogP contribution is -2.25. The lowest BCUT2D eigenvalue weighted by atomic mass is 10.1. The number of primary amides is 1. The van der Waals surface area contributed by atoms with Crippen LogP contribution in [0.5, 0.6) is 5.75 Å². The number of para-hydroxylation sites is 1. The SMILES string of the molecule is Cc1ccc(-c2nc(C(N)=O)c3c(n2)n(-c2ccccc2C)c(=O)n3Cc2ccccc2)cc1O. The quantitative estimate of drug-likeness (QED) is 0.410. The van der Waals surface area contributed by atoms with Gasteiger partial charge >= 0.3 is 5.69 Å². The van der Waals surface area contributed by atoms with Crippen LogP contribution in [-0.2, 0) is 6.54 Å². The van der Waals surface area contributed by atoms with Crippen LogP contribution in [0, 0.1) is 13.8 Å². The molecular weight excluding hydrogens is 442 g/mol. The fraction of sp³-hybridized carbons (Fsp3) is 0.111. The molecule has 0 spiro atoms. The molecule has 8 heteroatoms.